The second-order valence-electron chi connectivity index (χ2n) is 8.03. The molecular weight excluding hydrogens is 382 g/mol. The van der Waals surface area contributed by atoms with Crippen molar-refractivity contribution in [2.24, 2.45) is 11.1 Å². The van der Waals surface area contributed by atoms with Crippen LogP contribution in [0.4, 0.5) is 0 Å². The Morgan fingerprint density at radius 2 is 1.96 bits per heavy atom. The lowest BCUT2D eigenvalue weighted by Crippen LogP contribution is -2.32. The van der Waals surface area contributed by atoms with E-state index in [0.717, 1.165) is 0 Å². The summed E-state index contributed by atoms with van der Waals surface area (Å²) in [7, 11) is -3.75. The number of aromatic nitrogens is 1. The molecule has 0 saturated carbocycles. The third-order valence-corrected chi connectivity index (χ3v) is 6.65. The van der Waals surface area contributed by atoms with Crippen molar-refractivity contribution in [2.75, 3.05) is 13.1 Å². The Morgan fingerprint density at radius 1 is 1.25 bits per heavy atom. The lowest BCUT2D eigenvalue weighted by atomic mass is 9.98. The van der Waals surface area contributed by atoms with Gasteiger partial charge in [0.15, 0.2) is 6.73 Å². The third kappa shape index (κ3) is 3.82. The maximum atomic E-state index is 13.0. The van der Waals surface area contributed by atoms with Crippen molar-refractivity contribution in [2.45, 2.75) is 44.9 Å². The number of pyridine rings is 1. The zero-order chi connectivity index (χ0) is 20.7. The fourth-order valence-corrected chi connectivity index (χ4v) is 4.79. The van der Waals surface area contributed by atoms with Crippen LogP contribution in [0.5, 0.6) is 0 Å². The Bertz CT molecular complexity index is 1070. The van der Waals surface area contributed by atoms with E-state index in [-0.39, 0.29) is 29.6 Å². The van der Waals surface area contributed by atoms with Gasteiger partial charge >= 0.3 is 5.97 Å². The summed E-state index contributed by atoms with van der Waals surface area (Å²) in [6, 6.07) is 5.97. The van der Waals surface area contributed by atoms with E-state index < -0.39 is 27.0 Å². The lowest BCUT2D eigenvalue weighted by Gasteiger charge is -2.18. The number of benzene rings is 1. The zero-order valence-corrected chi connectivity index (χ0v) is 17.0. The standard InChI is InChI=1S/C19H25N3O5S/c1-19(2,3)18(24)27-12-21-9-8-14-15(17(21)23)5-4-6-16(14)28(25,26)22-10-7-13(20)11-22/h4-6,8-9,13H,7,10-12,20H2,1-3H3. The van der Waals surface area contributed by atoms with Crippen LogP contribution in [-0.4, -0.2) is 42.4 Å². The van der Waals surface area contributed by atoms with E-state index in [9.17, 15) is 18.0 Å². The Balaban J connectivity index is 1.98. The molecule has 0 bridgehead atoms. The van der Waals surface area contributed by atoms with Gasteiger partial charge in [0.1, 0.15) is 0 Å². The number of carbonyl (C=O) groups excluding carboxylic acids is 1. The van der Waals surface area contributed by atoms with Gasteiger partial charge in [0.05, 0.1) is 10.3 Å². The molecule has 1 unspecified atom stereocenters. The molecule has 0 radical (unpaired) electrons. The maximum Gasteiger partial charge on any atom is 0.312 e. The van der Waals surface area contributed by atoms with E-state index in [0.29, 0.717) is 18.4 Å². The first-order chi connectivity index (χ1) is 13.0. The number of rotatable bonds is 4. The Morgan fingerprint density at radius 3 is 2.57 bits per heavy atom. The van der Waals surface area contributed by atoms with Gasteiger partial charge in [0, 0.05) is 36.1 Å². The lowest BCUT2D eigenvalue weighted by molar-refractivity contribution is -0.157. The molecule has 1 aromatic heterocycles. The van der Waals surface area contributed by atoms with Gasteiger partial charge in [-0.25, -0.2) is 8.42 Å². The number of nitrogens with zero attached hydrogens (tertiary/aromatic N) is 2. The first-order valence-corrected chi connectivity index (χ1v) is 10.5. The van der Waals surface area contributed by atoms with Gasteiger partial charge in [-0.15, -0.1) is 0 Å². The molecule has 8 nitrogen and oxygen atoms in total. The number of carbonyl (C=O) groups is 1. The number of ether oxygens (including phenoxy) is 1. The molecule has 2 aromatic rings. The van der Waals surface area contributed by atoms with Crippen molar-refractivity contribution in [3.05, 3.63) is 40.8 Å². The molecule has 1 atom stereocenters. The number of esters is 1. The highest BCUT2D eigenvalue weighted by Crippen LogP contribution is 2.26. The van der Waals surface area contributed by atoms with Crippen LogP contribution in [-0.2, 0) is 26.3 Å². The van der Waals surface area contributed by atoms with Crippen LogP contribution < -0.4 is 11.3 Å². The average molecular weight is 407 g/mol. The van der Waals surface area contributed by atoms with Crippen molar-refractivity contribution < 1.29 is 17.9 Å². The molecular formula is C19H25N3O5S. The zero-order valence-electron chi connectivity index (χ0n) is 16.2. The van der Waals surface area contributed by atoms with E-state index in [1.165, 1.54) is 27.2 Å². The number of hydrogen-bond acceptors (Lipinski definition) is 6. The first kappa shape index (κ1) is 20.5. The van der Waals surface area contributed by atoms with Crippen molar-refractivity contribution in [3.8, 4) is 0 Å². The Kier molecular flexibility index (Phi) is 5.35. The van der Waals surface area contributed by atoms with Crippen LogP contribution in [0.2, 0.25) is 0 Å². The third-order valence-electron chi connectivity index (χ3n) is 4.73. The van der Waals surface area contributed by atoms with E-state index in [4.69, 9.17) is 10.5 Å². The molecule has 0 spiro atoms. The normalized spacial score (nSPS) is 18.5. The molecule has 0 amide bonds. The minimum Gasteiger partial charge on any atom is -0.443 e. The van der Waals surface area contributed by atoms with Gasteiger partial charge in [-0.05, 0) is 45.4 Å². The van der Waals surface area contributed by atoms with Crippen LogP contribution in [0.15, 0.2) is 40.2 Å². The fourth-order valence-electron chi connectivity index (χ4n) is 3.07. The minimum absolute atomic E-state index is 0.0787. The molecule has 152 valence electrons. The summed E-state index contributed by atoms with van der Waals surface area (Å²) in [5.74, 6) is -0.429. The average Bonchev–Trinajstić information content (AvgIpc) is 3.07. The highest BCUT2D eigenvalue weighted by Gasteiger charge is 2.32. The molecule has 9 heteroatoms. The van der Waals surface area contributed by atoms with Crippen LogP contribution in [0.1, 0.15) is 27.2 Å². The second-order valence-corrected chi connectivity index (χ2v) is 9.94. The highest BCUT2D eigenvalue weighted by atomic mass is 32.2. The van der Waals surface area contributed by atoms with Crippen molar-refractivity contribution in [1.29, 1.82) is 0 Å². The molecule has 3 rings (SSSR count). The van der Waals surface area contributed by atoms with Gasteiger partial charge < -0.3 is 10.5 Å². The summed E-state index contributed by atoms with van der Waals surface area (Å²) in [6.45, 7) is 5.56. The van der Waals surface area contributed by atoms with Crippen molar-refractivity contribution in [1.82, 2.24) is 8.87 Å². The largest absolute Gasteiger partial charge is 0.443 e. The summed E-state index contributed by atoms with van der Waals surface area (Å²) in [6.07, 6.45) is 2.05. The monoisotopic (exact) mass is 407 g/mol. The van der Waals surface area contributed by atoms with E-state index >= 15 is 0 Å². The fraction of sp³-hybridized carbons (Fsp3) is 0.474. The summed E-state index contributed by atoms with van der Waals surface area (Å²) in [4.78, 5) is 24.8. The van der Waals surface area contributed by atoms with Crippen LogP contribution in [0.3, 0.4) is 0 Å². The smallest absolute Gasteiger partial charge is 0.312 e. The van der Waals surface area contributed by atoms with Gasteiger partial charge in [-0.1, -0.05) is 6.07 Å². The molecule has 1 fully saturated rings. The van der Waals surface area contributed by atoms with Crippen LogP contribution in [0.25, 0.3) is 10.8 Å². The molecule has 1 aliphatic rings. The molecule has 28 heavy (non-hydrogen) atoms. The van der Waals surface area contributed by atoms with Crippen LogP contribution in [0, 0.1) is 5.41 Å². The molecule has 2 heterocycles. The van der Waals surface area contributed by atoms with E-state index in [1.807, 2.05) is 0 Å². The minimum atomic E-state index is -3.75. The predicted octanol–water partition coefficient (Wildman–Crippen LogP) is 1.27. The van der Waals surface area contributed by atoms with Gasteiger partial charge in [0.2, 0.25) is 10.0 Å². The quantitative estimate of drug-likeness (QED) is 0.764. The van der Waals surface area contributed by atoms with Crippen LogP contribution >= 0.6 is 0 Å². The Hall–Kier alpha value is -2.23. The second kappa shape index (κ2) is 7.31. The molecule has 2 N–H and O–H groups in total. The number of sulfonamides is 1. The van der Waals surface area contributed by atoms with Gasteiger partial charge in [-0.2, -0.15) is 4.31 Å². The number of fused-ring (bicyclic) bond motifs is 1. The highest BCUT2D eigenvalue weighted by molar-refractivity contribution is 7.89. The first-order valence-electron chi connectivity index (χ1n) is 9.07. The SMILES string of the molecule is CC(C)(C)C(=O)OCn1ccc2c(S(=O)(=O)N3CCC(N)C3)cccc2c1=O. The van der Waals surface area contributed by atoms with Crippen molar-refractivity contribution >= 4 is 26.8 Å². The predicted molar refractivity (Wildman–Crippen MR) is 105 cm³/mol. The van der Waals surface area contributed by atoms with E-state index in [2.05, 4.69) is 0 Å². The van der Waals surface area contributed by atoms with Crippen molar-refractivity contribution in [3.63, 3.8) is 0 Å². The van der Waals surface area contributed by atoms with Gasteiger partial charge in [0.25, 0.3) is 5.56 Å². The summed E-state index contributed by atoms with van der Waals surface area (Å²) >= 11 is 0. The van der Waals surface area contributed by atoms with E-state index in [1.54, 1.807) is 32.9 Å². The summed E-state index contributed by atoms with van der Waals surface area (Å²) in [5.41, 5.74) is 4.74. The van der Waals surface area contributed by atoms with Gasteiger partial charge in [-0.3, -0.25) is 14.2 Å². The summed E-state index contributed by atoms with van der Waals surface area (Å²) < 4.78 is 33.8. The Labute approximate surface area is 163 Å². The maximum absolute atomic E-state index is 13.0. The molecule has 1 aliphatic heterocycles. The molecule has 1 saturated heterocycles. The summed E-state index contributed by atoms with van der Waals surface area (Å²) in [5, 5.41) is 0.588. The molecule has 1 aromatic carbocycles. The molecule has 0 aliphatic carbocycles. The number of nitrogens with two attached hydrogens (primary N) is 1. The topological polar surface area (TPSA) is 112 Å². The number of hydrogen-bond donors (Lipinski definition) is 1.